The second-order valence-electron chi connectivity index (χ2n) is 10.6. The highest BCUT2D eigenvalue weighted by molar-refractivity contribution is 5.36. The summed E-state index contributed by atoms with van der Waals surface area (Å²) in [5.74, 6) is -8.97. The van der Waals surface area contributed by atoms with Crippen molar-refractivity contribution in [2.45, 2.75) is 64.1 Å². The molecule has 0 radical (unpaired) electrons. The van der Waals surface area contributed by atoms with Gasteiger partial charge in [-0.1, -0.05) is 26.2 Å². The predicted molar refractivity (Wildman–Crippen MR) is 139 cm³/mol. The normalized spacial score (nSPS) is 22.5. The summed E-state index contributed by atoms with van der Waals surface area (Å²) in [5.41, 5.74) is -1.77. The smallest absolute Gasteiger partial charge is 0.432 e. The van der Waals surface area contributed by atoms with Gasteiger partial charge < -0.3 is 28.4 Å². The van der Waals surface area contributed by atoms with Gasteiger partial charge in [0.15, 0.2) is 36.2 Å². The largest absolute Gasteiger partial charge is 0.453 e. The van der Waals surface area contributed by atoms with E-state index in [-0.39, 0.29) is 55.9 Å². The van der Waals surface area contributed by atoms with Gasteiger partial charge in [0, 0.05) is 24.5 Å². The monoisotopic (exact) mass is 640 g/mol. The van der Waals surface area contributed by atoms with E-state index in [1.54, 1.807) is 0 Å². The molecule has 0 bridgehead atoms. The molecule has 6 nitrogen and oxygen atoms in total. The van der Waals surface area contributed by atoms with Crippen molar-refractivity contribution in [2.75, 3.05) is 26.4 Å². The molecule has 0 saturated carbocycles. The fraction of sp³-hybridized carbons (Fsp3) is 0.533. The van der Waals surface area contributed by atoms with Crippen LogP contribution in [0.1, 0.15) is 50.2 Å². The molecule has 44 heavy (non-hydrogen) atoms. The molecule has 0 aromatic heterocycles. The lowest BCUT2D eigenvalue weighted by molar-refractivity contribution is -0.281. The van der Waals surface area contributed by atoms with E-state index < -0.39 is 65.1 Å². The average molecular weight is 641 g/mol. The number of ether oxygens (including phenoxy) is 6. The number of hydrogen-bond donors (Lipinski definition) is 0. The first-order chi connectivity index (χ1) is 21.0. The van der Waals surface area contributed by atoms with E-state index in [9.17, 15) is 35.1 Å². The van der Waals surface area contributed by atoms with Crippen LogP contribution in [0.3, 0.4) is 0 Å². The van der Waals surface area contributed by atoms with E-state index in [0.29, 0.717) is 31.3 Å². The first kappa shape index (κ1) is 33.9. The lowest BCUT2D eigenvalue weighted by Crippen LogP contribution is -2.44. The van der Waals surface area contributed by atoms with E-state index in [4.69, 9.17) is 18.9 Å². The Bertz CT molecular complexity index is 1230. The molecule has 14 heteroatoms. The highest BCUT2D eigenvalue weighted by Crippen LogP contribution is 2.38. The zero-order valence-corrected chi connectivity index (χ0v) is 23.7. The topological polar surface area (TPSA) is 55.4 Å². The minimum absolute atomic E-state index is 0.0115. The molecule has 0 spiro atoms. The Hall–Kier alpha value is -2.94. The molecule has 0 N–H and O–H groups in total. The van der Waals surface area contributed by atoms with Gasteiger partial charge in [0.1, 0.15) is 22.9 Å². The fourth-order valence-corrected chi connectivity index (χ4v) is 4.90. The number of aryl methyl sites for hydroxylation is 1. The molecule has 2 fully saturated rings. The molecule has 4 rings (SSSR count). The number of alkyl halides is 2. The Morgan fingerprint density at radius 1 is 0.841 bits per heavy atom. The van der Waals surface area contributed by atoms with E-state index in [1.807, 2.05) is 0 Å². The summed E-state index contributed by atoms with van der Waals surface area (Å²) in [5, 5.41) is 0. The molecule has 2 heterocycles. The number of rotatable bonds is 13. The maximum absolute atomic E-state index is 14.7. The first-order valence-electron chi connectivity index (χ1n) is 14.1. The summed E-state index contributed by atoms with van der Waals surface area (Å²) >= 11 is 0. The van der Waals surface area contributed by atoms with Crippen LogP contribution in [0.25, 0.3) is 0 Å². The zero-order valence-electron chi connectivity index (χ0n) is 23.7. The van der Waals surface area contributed by atoms with Crippen molar-refractivity contribution in [2.24, 2.45) is 11.8 Å². The van der Waals surface area contributed by atoms with Gasteiger partial charge in [-0.25, -0.2) is 17.6 Å². The third-order valence-electron chi connectivity index (χ3n) is 7.13. The maximum Gasteiger partial charge on any atom is 0.432 e. The first-order valence-corrected chi connectivity index (χ1v) is 14.1. The van der Waals surface area contributed by atoms with E-state index >= 15 is 0 Å². The molecular weight excluding hydrogens is 608 g/mol. The highest BCUT2D eigenvalue weighted by atomic mass is 19.3. The second kappa shape index (κ2) is 15.4. The lowest BCUT2D eigenvalue weighted by Gasteiger charge is -2.37. The molecule has 0 aliphatic carbocycles. The number of unbranched alkanes of at least 4 members (excludes halogenated alkanes) is 2. The molecule has 2 aromatic carbocycles. The van der Waals surface area contributed by atoms with Gasteiger partial charge in [-0.3, -0.25) is 0 Å². The van der Waals surface area contributed by atoms with E-state index in [1.165, 1.54) is 6.42 Å². The van der Waals surface area contributed by atoms with Crippen LogP contribution in [-0.2, 0) is 31.5 Å². The summed E-state index contributed by atoms with van der Waals surface area (Å²) in [4.78, 5) is 0. The molecule has 0 amide bonds. The molecule has 0 unspecified atom stereocenters. The van der Waals surface area contributed by atoms with Crippen LogP contribution in [0.4, 0.5) is 35.1 Å². The van der Waals surface area contributed by atoms with Crippen LogP contribution in [0.15, 0.2) is 36.6 Å². The summed E-state index contributed by atoms with van der Waals surface area (Å²) in [7, 11) is 0. The number of hydrogen-bond acceptors (Lipinski definition) is 6. The summed E-state index contributed by atoms with van der Waals surface area (Å²) in [6.07, 6.45) is -3.89. The maximum atomic E-state index is 14.7. The van der Waals surface area contributed by atoms with Crippen LogP contribution >= 0.6 is 0 Å². The van der Waals surface area contributed by atoms with Crippen LogP contribution in [-0.4, -0.2) is 39.0 Å². The van der Waals surface area contributed by atoms with Gasteiger partial charge in [0.2, 0.25) is 0 Å². The van der Waals surface area contributed by atoms with E-state index in [2.05, 4.69) is 16.4 Å². The third kappa shape index (κ3) is 9.05. The number of halogens is 8. The van der Waals surface area contributed by atoms with Crippen LogP contribution in [0, 0.1) is 35.1 Å². The molecule has 2 saturated heterocycles. The standard InChI is InChI=1S/C30H32F8O6/c1-2-3-4-5-18-12-42-29(43-13-18)19-14-39-26(40-15-19)7-6-17-8-21(31)27(22(32)9-17)30(37,38)44-20-10-23(33)28(24(34)11-20)41-16-25(35)36/h8-11,16,18-19,26,29H,2-7,12-15H2,1H3. The van der Waals surface area contributed by atoms with Gasteiger partial charge in [0.25, 0.3) is 0 Å². The molecule has 2 aromatic rings. The Labute approximate surface area is 248 Å². The Morgan fingerprint density at radius 2 is 1.45 bits per heavy atom. The Kier molecular flexibility index (Phi) is 11.9. The number of benzene rings is 2. The van der Waals surface area contributed by atoms with Crippen molar-refractivity contribution < 1.29 is 63.5 Å². The third-order valence-corrected chi connectivity index (χ3v) is 7.13. The van der Waals surface area contributed by atoms with Gasteiger partial charge in [-0.2, -0.15) is 17.6 Å². The van der Waals surface area contributed by atoms with Crippen LogP contribution in [0.2, 0.25) is 0 Å². The molecular formula is C30H32F8O6. The summed E-state index contributed by atoms with van der Waals surface area (Å²) < 4.78 is 143. The zero-order chi connectivity index (χ0) is 31.9. The van der Waals surface area contributed by atoms with Crippen LogP contribution in [0.5, 0.6) is 11.5 Å². The highest BCUT2D eigenvalue weighted by Gasteiger charge is 2.42. The van der Waals surface area contributed by atoms with Gasteiger partial charge >= 0.3 is 12.2 Å². The lowest BCUT2D eigenvalue weighted by atomic mass is 10.0. The van der Waals surface area contributed by atoms with Crippen molar-refractivity contribution in [3.05, 3.63) is 71.0 Å². The predicted octanol–water partition coefficient (Wildman–Crippen LogP) is 7.98. The molecule has 2 aliphatic rings. The van der Waals surface area contributed by atoms with Gasteiger partial charge in [-0.05, 0) is 30.5 Å². The summed E-state index contributed by atoms with van der Waals surface area (Å²) in [6.45, 7) is 3.90. The van der Waals surface area contributed by atoms with E-state index in [0.717, 1.165) is 19.3 Å². The van der Waals surface area contributed by atoms with Gasteiger partial charge in [0.05, 0.1) is 32.3 Å². The van der Waals surface area contributed by atoms with Crippen molar-refractivity contribution in [3.63, 3.8) is 0 Å². The van der Waals surface area contributed by atoms with Crippen molar-refractivity contribution in [3.8, 4) is 11.5 Å². The van der Waals surface area contributed by atoms with Crippen LogP contribution < -0.4 is 9.47 Å². The summed E-state index contributed by atoms with van der Waals surface area (Å²) in [6, 6.07) is 1.73. The minimum Gasteiger partial charge on any atom is -0.453 e. The van der Waals surface area contributed by atoms with Crippen molar-refractivity contribution in [1.29, 1.82) is 0 Å². The molecule has 2 aliphatic heterocycles. The Balaban J connectivity index is 1.29. The van der Waals surface area contributed by atoms with Crippen molar-refractivity contribution in [1.82, 2.24) is 0 Å². The second-order valence-corrected chi connectivity index (χ2v) is 10.6. The minimum atomic E-state index is -4.71. The average Bonchev–Trinajstić information content (AvgIpc) is 2.95. The molecule has 0 atom stereocenters. The fourth-order valence-electron chi connectivity index (χ4n) is 4.90. The molecule has 244 valence electrons. The quantitative estimate of drug-likeness (QED) is 0.126. The SMILES string of the molecule is CCCCCC1COC(C2COC(CCc3cc(F)c(C(F)(F)Oc4cc(F)c(OC=C(F)F)c(F)c4)c(F)c3)OC2)OC1. The van der Waals surface area contributed by atoms with Crippen molar-refractivity contribution >= 4 is 0 Å². The Morgan fingerprint density at radius 3 is 2.02 bits per heavy atom. The van der Waals surface area contributed by atoms with Gasteiger partial charge in [-0.15, -0.1) is 0 Å².